The third-order valence-electron chi connectivity index (χ3n) is 2.83. The molecule has 0 aromatic heterocycles. The molecule has 4 nitrogen and oxygen atoms in total. The monoisotopic (exact) mass is 287 g/mol. The second-order valence-corrected chi connectivity index (χ2v) is 5.02. The van der Waals surface area contributed by atoms with Crippen LogP contribution in [-0.2, 0) is 11.3 Å². The Hall–Kier alpha value is -2.20. The van der Waals surface area contributed by atoms with E-state index in [4.69, 9.17) is 19.9 Å². The molecule has 0 radical (unpaired) electrons. The van der Waals surface area contributed by atoms with Crippen LogP contribution in [0.1, 0.15) is 19.4 Å². The van der Waals surface area contributed by atoms with E-state index >= 15 is 0 Å². The summed E-state index contributed by atoms with van der Waals surface area (Å²) < 4.78 is 16.6. The summed E-state index contributed by atoms with van der Waals surface area (Å²) in [6, 6.07) is 13.2. The number of anilines is 1. The first-order chi connectivity index (χ1) is 10.1. The van der Waals surface area contributed by atoms with Crippen molar-refractivity contribution in [3.05, 3.63) is 48.0 Å². The quantitative estimate of drug-likeness (QED) is 0.816. The van der Waals surface area contributed by atoms with Gasteiger partial charge in [0.2, 0.25) is 0 Å². The molecule has 0 atom stereocenters. The summed E-state index contributed by atoms with van der Waals surface area (Å²) in [5.74, 6) is 1.94. The van der Waals surface area contributed by atoms with E-state index in [0.29, 0.717) is 23.8 Å². The molecule has 21 heavy (non-hydrogen) atoms. The molecule has 0 fully saturated rings. The predicted molar refractivity (Wildman–Crippen MR) is 83.8 cm³/mol. The molecule has 2 aromatic rings. The van der Waals surface area contributed by atoms with Crippen molar-refractivity contribution >= 4 is 5.69 Å². The van der Waals surface area contributed by atoms with Crippen molar-refractivity contribution in [2.24, 2.45) is 0 Å². The van der Waals surface area contributed by atoms with Crippen LogP contribution < -0.4 is 15.2 Å². The average Bonchev–Trinajstić information content (AvgIpc) is 2.44. The first-order valence-electron chi connectivity index (χ1n) is 6.91. The Morgan fingerprint density at radius 3 is 2.48 bits per heavy atom. The SMILES string of the molecule is COCc1cccc(Oc2cccc(OC(C)C)c2N)c1. The minimum Gasteiger partial charge on any atom is -0.489 e. The summed E-state index contributed by atoms with van der Waals surface area (Å²) in [6.07, 6.45) is 0.0626. The van der Waals surface area contributed by atoms with Gasteiger partial charge in [-0.2, -0.15) is 0 Å². The van der Waals surface area contributed by atoms with Crippen LogP contribution in [0.5, 0.6) is 17.2 Å². The van der Waals surface area contributed by atoms with Gasteiger partial charge in [0.1, 0.15) is 17.2 Å². The first-order valence-corrected chi connectivity index (χ1v) is 6.91. The number of nitrogens with two attached hydrogens (primary N) is 1. The molecule has 0 bridgehead atoms. The van der Waals surface area contributed by atoms with E-state index in [1.807, 2.05) is 56.3 Å². The molecule has 0 unspecified atom stereocenters. The fourth-order valence-electron chi connectivity index (χ4n) is 1.96. The fourth-order valence-corrected chi connectivity index (χ4v) is 1.96. The van der Waals surface area contributed by atoms with Crippen LogP contribution in [0.15, 0.2) is 42.5 Å². The molecule has 0 saturated heterocycles. The van der Waals surface area contributed by atoms with Crippen molar-refractivity contribution in [1.29, 1.82) is 0 Å². The molecule has 0 heterocycles. The summed E-state index contributed by atoms with van der Waals surface area (Å²) in [7, 11) is 1.66. The molecule has 2 N–H and O–H groups in total. The zero-order valence-electron chi connectivity index (χ0n) is 12.6. The van der Waals surface area contributed by atoms with Gasteiger partial charge in [-0.05, 0) is 43.7 Å². The van der Waals surface area contributed by atoms with Gasteiger partial charge in [0.05, 0.1) is 12.7 Å². The molecular weight excluding hydrogens is 266 g/mol. The third-order valence-corrected chi connectivity index (χ3v) is 2.83. The normalized spacial score (nSPS) is 10.7. The van der Waals surface area contributed by atoms with Crippen molar-refractivity contribution in [2.75, 3.05) is 12.8 Å². The number of ether oxygens (including phenoxy) is 3. The van der Waals surface area contributed by atoms with E-state index in [2.05, 4.69) is 0 Å². The van der Waals surface area contributed by atoms with Gasteiger partial charge in [0.15, 0.2) is 5.75 Å². The maximum Gasteiger partial charge on any atom is 0.154 e. The molecule has 0 aliphatic rings. The Morgan fingerprint density at radius 1 is 1.05 bits per heavy atom. The van der Waals surface area contributed by atoms with E-state index in [0.717, 1.165) is 11.3 Å². The number of hydrogen-bond donors (Lipinski definition) is 1. The molecule has 4 heteroatoms. The van der Waals surface area contributed by atoms with Gasteiger partial charge in [-0.1, -0.05) is 18.2 Å². The summed E-state index contributed by atoms with van der Waals surface area (Å²) in [6.45, 7) is 4.46. The lowest BCUT2D eigenvalue weighted by molar-refractivity contribution is 0.184. The molecule has 2 aromatic carbocycles. The van der Waals surface area contributed by atoms with Gasteiger partial charge in [-0.3, -0.25) is 0 Å². The highest BCUT2D eigenvalue weighted by Crippen LogP contribution is 2.35. The zero-order chi connectivity index (χ0) is 15.2. The minimum atomic E-state index is 0.0626. The molecule has 112 valence electrons. The van der Waals surface area contributed by atoms with Gasteiger partial charge >= 0.3 is 0 Å². The Balaban J connectivity index is 2.21. The largest absolute Gasteiger partial charge is 0.489 e. The summed E-state index contributed by atoms with van der Waals surface area (Å²) in [5, 5.41) is 0. The molecule has 0 aliphatic heterocycles. The average molecular weight is 287 g/mol. The van der Waals surface area contributed by atoms with E-state index in [9.17, 15) is 0 Å². The number of para-hydroxylation sites is 1. The minimum absolute atomic E-state index is 0.0626. The molecule has 0 spiro atoms. The van der Waals surface area contributed by atoms with Crippen molar-refractivity contribution in [1.82, 2.24) is 0 Å². The number of methoxy groups -OCH3 is 1. The summed E-state index contributed by atoms with van der Waals surface area (Å²) in [5.41, 5.74) is 7.65. The second kappa shape index (κ2) is 6.99. The van der Waals surface area contributed by atoms with Gasteiger partial charge in [-0.25, -0.2) is 0 Å². The predicted octanol–water partition coefficient (Wildman–Crippen LogP) is 3.99. The zero-order valence-corrected chi connectivity index (χ0v) is 12.6. The van der Waals surface area contributed by atoms with Crippen molar-refractivity contribution in [3.63, 3.8) is 0 Å². The van der Waals surface area contributed by atoms with Gasteiger partial charge in [0, 0.05) is 7.11 Å². The Kier molecular flexibility index (Phi) is 5.06. The molecule has 0 aliphatic carbocycles. The molecule has 2 rings (SSSR count). The number of benzene rings is 2. The van der Waals surface area contributed by atoms with E-state index in [1.165, 1.54) is 0 Å². The van der Waals surface area contributed by atoms with Crippen LogP contribution >= 0.6 is 0 Å². The lowest BCUT2D eigenvalue weighted by Gasteiger charge is -2.15. The van der Waals surface area contributed by atoms with Crippen molar-refractivity contribution in [3.8, 4) is 17.2 Å². The van der Waals surface area contributed by atoms with Crippen LogP contribution in [0.4, 0.5) is 5.69 Å². The van der Waals surface area contributed by atoms with Gasteiger partial charge in [0.25, 0.3) is 0 Å². The molecular formula is C17H21NO3. The number of nitrogen functional groups attached to an aromatic ring is 1. The maximum atomic E-state index is 6.10. The smallest absolute Gasteiger partial charge is 0.154 e. The highest BCUT2D eigenvalue weighted by molar-refractivity contribution is 5.63. The van der Waals surface area contributed by atoms with Crippen LogP contribution in [0, 0.1) is 0 Å². The second-order valence-electron chi connectivity index (χ2n) is 5.02. The highest BCUT2D eigenvalue weighted by atomic mass is 16.5. The van der Waals surface area contributed by atoms with Crippen LogP contribution in [0.2, 0.25) is 0 Å². The molecule has 0 saturated carbocycles. The first kappa shape index (κ1) is 15.2. The van der Waals surface area contributed by atoms with Crippen LogP contribution in [0.25, 0.3) is 0 Å². The van der Waals surface area contributed by atoms with Gasteiger partial charge in [-0.15, -0.1) is 0 Å². The number of rotatable bonds is 6. The van der Waals surface area contributed by atoms with Crippen LogP contribution in [-0.4, -0.2) is 13.2 Å². The lowest BCUT2D eigenvalue weighted by Crippen LogP contribution is -2.07. The third kappa shape index (κ3) is 4.13. The standard InChI is InChI=1S/C17H21NO3/c1-12(2)20-15-8-5-9-16(17(15)18)21-14-7-4-6-13(10-14)11-19-3/h4-10,12H,11,18H2,1-3H3. The lowest BCUT2D eigenvalue weighted by atomic mass is 10.2. The molecule has 0 amide bonds. The fraction of sp³-hybridized carbons (Fsp3) is 0.294. The Labute approximate surface area is 125 Å². The van der Waals surface area contributed by atoms with Crippen molar-refractivity contribution < 1.29 is 14.2 Å². The van der Waals surface area contributed by atoms with E-state index < -0.39 is 0 Å². The Morgan fingerprint density at radius 2 is 1.76 bits per heavy atom. The topological polar surface area (TPSA) is 53.7 Å². The van der Waals surface area contributed by atoms with Gasteiger partial charge < -0.3 is 19.9 Å². The maximum absolute atomic E-state index is 6.10. The Bertz CT molecular complexity index is 596. The van der Waals surface area contributed by atoms with Crippen molar-refractivity contribution in [2.45, 2.75) is 26.6 Å². The summed E-state index contributed by atoms with van der Waals surface area (Å²) in [4.78, 5) is 0. The number of hydrogen-bond acceptors (Lipinski definition) is 4. The van der Waals surface area contributed by atoms with E-state index in [1.54, 1.807) is 7.11 Å². The van der Waals surface area contributed by atoms with E-state index in [-0.39, 0.29) is 6.10 Å². The summed E-state index contributed by atoms with van der Waals surface area (Å²) >= 11 is 0. The highest BCUT2D eigenvalue weighted by Gasteiger charge is 2.09. The van der Waals surface area contributed by atoms with Crippen LogP contribution in [0.3, 0.4) is 0 Å².